The summed E-state index contributed by atoms with van der Waals surface area (Å²) in [6.45, 7) is 0. The number of benzene rings is 8. The van der Waals surface area contributed by atoms with Crippen molar-refractivity contribution in [3.63, 3.8) is 0 Å². The van der Waals surface area contributed by atoms with Crippen LogP contribution in [0.5, 0.6) is 0 Å². The predicted octanol–water partition coefficient (Wildman–Crippen LogP) is 11.4. The first-order valence-electron chi connectivity index (χ1n) is 16.4. The molecule has 49 heavy (non-hydrogen) atoms. The third-order valence-corrected chi connectivity index (χ3v) is 12.1. The van der Waals surface area contributed by atoms with Gasteiger partial charge in [-0.15, -0.1) is 0 Å². The Kier molecular flexibility index (Phi) is 6.51. The normalized spacial score (nSPS) is 11.7. The van der Waals surface area contributed by atoms with Crippen LogP contribution in [0.25, 0.3) is 96.9 Å². The molecule has 10 aromatic rings. The molecule has 3 nitrogen and oxygen atoms in total. The van der Waals surface area contributed by atoms with Gasteiger partial charge in [0.1, 0.15) is 0 Å². The number of hydrogen-bond acceptors (Lipinski definition) is 3. The zero-order valence-electron chi connectivity index (χ0n) is 26.3. The van der Waals surface area contributed by atoms with E-state index in [1.807, 2.05) is 18.2 Å². The Morgan fingerprint density at radius 2 is 0.939 bits per heavy atom. The van der Waals surface area contributed by atoms with Crippen molar-refractivity contribution in [1.29, 1.82) is 0 Å². The van der Waals surface area contributed by atoms with Crippen LogP contribution in [0.1, 0.15) is 0 Å². The first kappa shape index (κ1) is 28.1. The van der Waals surface area contributed by atoms with E-state index in [0.717, 1.165) is 22.1 Å². The van der Waals surface area contributed by atoms with Gasteiger partial charge in [0.25, 0.3) is 0 Å². The van der Waals surface area contributed by atoms with E-state index >= 15 is 0 Å². The van der Waals surface area contributed by atoms with E-state index in [-0.39, 0.29) is 14.5 Å². The first-order valence-corrected chi connectivity index (χ1v) is 18.2. The molecule has 0 bridgehead atoms. The van der Waals surface area contributed by atoms with Crippen molar-refractivity contribution >= 4 is 66.1 Å². The van der Waals surface area contributed by atoms with Gasteiger partial charge in [0.2, 0.25) is 0 Å². The van der Waals surface area contributed by atoms with E-state index < -0.39 is 0 Å². The second-order valence-electron chi connectivity index (χ2n) is 12.4. The minimum atomic E-state index is 0.0615. The van der Waals surface area contributed by atoms with Crippen LogP contribution in [-0.4, -0.2) is 29.5 Å². The van der Waals surface area contributed by atoms with E-state index in [4.69, 9.17) is 15.0 Å². The molecule has 2 heterocycles. The molecular weight excluding hydrogens is 661 g/mol. The predicted molar refractivity (Wildman–Crippen MR) is 206 cm³/mol. The maximum absolute atomic E-state index is 5.29. The molecule has 0 saturated carbocycles. The Morgan fingerprint density at radius 1 is 0.327 bits per heavy atom. The summed E-state index contributed by atoms with van der Waals surface area (Å²) in [5.41, 5.74) is 5.53. The molecule has 0 aliphatic rings. The van der Waals surface area contributed by atoms with Gasteiger partial charge in [-0.25, -0.2) is 0 Å². The number of fused-ring (bicyclic) bond motifs is 8. The molecule has 0 aliphatic heterocycles. The van der Waals surface area contributed by atoms with Gasteiger partial charge < -0.3 is 0 Å². The molecule has 0 aliphatic carbocycles. The van der Waals surface area contributed by atoms with E-state index in [1.54, 1.807) is 0 Å². The molecule has 4 heteroatoms. The number of rotatable bonds is 4. The van der Waals surface area contributed by atoms with Gasteiger partial charge >= 0.3 is 290 Å². The van der Waals surface area contributed by atoms with E-state index in [1.165, 1.54) is 57.4 Å². The molecule has 0 radical (unpaired) electrons. The number of nitrogens with zero attached hydrogens (tertiary/aromatic N) is 3. The van der Waals surface area contributed by atoms with E-state index in [0.29, 0.717) is 17.5 Å². The van der Waals surface area contributed by atoms with Crippen LogP contribution in [0, 0.1) is 0 Å². The average Bonchev–Trinajstić information content (AvgIpc) is 3.58. The fraction of sp³-hybridized carbons (Fsp3) is 0. The van der Waals surface area contributed by atoms with Gasteiger partial charge in [-0.3, -0.25) is 0 Å². The summed E-state index contributed by atoms with van der Waals surface area (Å²) < 4.78 is 2.80. The second kappa shape index (κ2) is 11.3. The molecule has 0 unspecified atom stereocenters. The van der Waals surface area contributed by atoms with Gasteiger partial charge in [0, 0.05) is 0 Å². The van der Waals surface area contributed by atoms with Crippen LogP contribution in [0.3, 0.4) is 0 Å². The SMILES string of the molecule is c1ccc(-c2nc(-c3ccc4ccccc4c3)nc(-c3cc4ccc5ccccc5c4c4[se]c5c(-c6ccccc6)cccc5c34)n2)cc1. The van der Waals surface area contributed by atoms with Crippen LogP contribution in [0.15, 0.2) is 164 Å². The molecule has 0 amide bonds. The minimum absolute atomic E-state index is 0.0615. The van der Waals surface area contributed by atoms with E-state index in [2.05, 4.69) is 146 Å². The first-order chi connectivity index (χ1) is 24.3. The van der Waals surface area contributed by atoms with Gasteiger partial charge in [-0.2, -0.15) is 0 Å². The topological polar surface area (TPSA) is 38.7 Å². The zero-order chi connectivity index (χ0) is 32.3. The number of aromatic nitrogens is 3. The summed E-state index contributed by atoms with van der Waals surface area (Å²) in [7, 11) is 0. The third kappa shape index (κ3) is 4.69. The Bertz CT molecular complexity index is 2880. The van der Waals surface area contributed by atoms with Crippen molar-refractivity contribution in [1.82, 2.24) is 15.0 Å². The van der Waals surface area contributed by atoms with Crippen molar-refractivity contribution in [2.45, 2.75) is 0 Å². The van der Waals surface area contributed by atoms with Crippen molar-refractivity contribution in [2.24, 2.45) is 0 Å². The molecule has 0 fully saturated rings. The Balaban J connectivity index is 1.33. The Hall–Kier alpha value is -5.93. The molecule has 228 valence electrons. The van der Waals surface area contributed by atoms with Crippen LogP contribution in [0.2, 0.25) is 0 Å². The fourth-order valence-electron chi connectivity index (χ4n) is 7.14. The van der Waals surface area contributed by atoms with Gasteiger partial charge in [0.15, 0.2) is 0 Å². The maximum atomic E-state index is 5.29. The zero-order valence-corrected chi connectivity index (χ0v) is 28.1. The molecule has 0 atom stereocenters. The fourth-order valence-corrected chi connectivity index (χ4v) is 10.1. The summed E-state index contributed by atoms with van der Waals surface area (Å²) >= 11 is 0.0615. The van der Waals surface area contributed by atoms with Gasteiger partial charge in [0.05, 0.1) is 0 Å². The van der Waals surface area contributed by atoms with Crippen molar-refractivity contribution in [2.75, 3.05) is 0 Å². The standard InChI is InChI=1S/C45H27N3Se/c1-3-13-29(14-4-1)36-20-11-21-37-40-38(27-33-24-23-30-15-9-10-19-35(30)39(33)42(40)49-41(36)37)45-47-43(31-16-5-2-6-17-31)46-44(48-45)34-25-22-28-12-7-8-18-32(28)26-34/h1-27H. The van der Waals surface area contributed by atoms with Gasteiger partial charge in [-0.1, -0.05) is 0 Å². The van der Waals surface area contributed by atoms with E-state index in [9.17, 15) is 0 Å². The molecular formula is C45H27N3Se. The van der Waals surface area contributed by atoms with Crippen molar-refractivity contribution in [3.05, 3.63) is 164 Å². The van der Waals surface area contributed by atoms with Crippen LogP contribution in [0.4, 0.5) is 0 Å². The summed E-state index contributed by atoms with van der Waals surface area (Å²) in [6, 6.07) is 58.3. The third-order valence-electron chi connectivity index (χ3n) is 9.47. The quantitative estimate of drug-likeness (QED) is 0.136. The molecule has 0 N–H and O–H groups in total. The monoisotopic (exact) mass is 689 g/mol. The van der Waals surface area contributed by atoms with Crippen LogP contribution in [-0.2, 0) is 0 Å². The average molecular weight is 689 g/mol. The summed E-state index contributed by atoms with van der Waals surface area (Å²) in [6.07, 6.45) is 0. The summed E-state index contributed by atoms with van der Waals surface area (Å²) in [4.78, 5) is 15.6. The Labute approximate surface area is 288 Å². The molecule has 2 aromatic heterocycles. The van der Waals surface area contributed by atoms with Crippen molar-refractivity contribution < 1.29 is 0 Å². The molecule has 8 aromatic carbocycles. The summed E-state index contributed by atoms with van der Waals surface area (Å²) in [5, 5.41) is 9.95. The Morgan fingerprint density at radius 3 is 1.76 bits per heavy atom. The van der Waals surface area contributed by atoms with Crippen molar-refractivity contribution in [3.8, 4) is 45.3 Å². The van der Waals surface area contributed by atoms with Gasteiger partial charge in [-0.05, 0) is 0 Å². The number of hydrogen-bond donors (Lipinski definition) is 0. The van der Waals surface area contributed by atoms with Crippen LogP contribution < -0.4 is 0 Å². The summed E-state index contributed by atoms with van der Waals surface area (Å²) in [5.74, 6) is 2.03. The molecule has 0 spiro atoms. The second-order valence-corrected chi connectivity index (χ2v) is 14.5. The van der Waals surface area contributed by atoms with Crippen LogP contribution >= 0.6 is 0 Å². The molecule has 0 saturated heterocycles. The molecule has 10 rings (SSSR count).